The number of phenolic OH excluding ortho intramolecular Hbond substituents is 1. The van der Waals surface area contributed by atoms with E-state index in [-0.39, 0.29) is 12.4 Å². The molecule has 2 aromatic rings. The number of esters is 1. The van der Waals surface area contributed by atoms with Crippen LogP contribution in [-0.2, 0) is 9.53 Å². The second kappa shape index (κ2) is 7.09. The smallest absolute Gasteiger partial charge is 0.338 e. The lowest BCUT2D eigenvalue weighted by molar-refractivity contribution is -0.138. The molecule has 1 aliphatic rings. The van der Waals surface area contributed by atoms with Crippen molar-refractivity contribution in [2.75, 3.05) is 6.61 Å². The first-order valence-corrected chi connectivity index (χ1v) is 7.93. The largest absolute Gasteiger partial charge is 0.508 e. The van der Waals surface area contributed by atoms with E-state index in [1.54, 1.807) is 19.1 Å². The Bertz CT molecular complexity index is 813. The molecule has 0 bridgehead atoms. The van der Waals surface area contributed by atoms with Crippen LogP contribution in [-0.4, -0.2) is 23.7 Å². The number of nitrogens with one attached hydrogen (secondary N) is 2. The Morgan fingerprint density at radius 3 is 2.44 bits per heavy atom. The highest BCUT2D eigenvalue weighted by molar-refractivity contribution is 6.04. The summed E-state index contributed by atoms with van der Waals surface area (Å²) in [4.78, 5) is 24.8. The number of urea groups is 1. The first-order chi connectivity index (χ1) is 12.1. The third-order valence-electron chi connectivity index (χ3n) is 3.86. The van der Waals surface area contributed by atoms with Crippen LogP contribution in [0.1, 0.15) is 24.1 Å². The molecule has 0 spiro atoms. The molecule has 6 heteroatoms. The Morgan fingerprint density at radius 1 is 1.12 bits per heavy atom. The monoisotopic (exact) mass is 338 g/mol. The zero-order chi connectivity index (χ0) is 17.8. The average Bonchev–Trinajstić information content (AvgIpc) is 2.62. The van der Waals surface area contributed by atoms with Crippen LogP contribution in [0.3, 0.4) is 0 Å². The predicted octanol–water partition coefficient (Wildman–Crippen LogP) is 2.72. The van der Waals surface area contributed by atoms with Gasteiger partial charge in [-0.25, -0.2) is 9.59 Å². The molecule has 3 rings (SSSR count). The summed E-state index contributed by atoms with van der Waals surface area (Å²) in [5.41, 5.74) is 2.12. The Morgan fingerprint density at radius 2 is 1.80 bits per heavy atom. The molecule has 0 fully saturated rings. The number of hydrogen-bond donors (Lipinski definition) is 3. The highest BCUT2D eigenvalue weighted by Gasteiger charge is 2.34. The van der Waals surface area contributed by atoms with Gasteiger partial charge in [0.15, 0.2) is 0 Å². The lowest BCUT2D eigenvalue weighted by atomic mass is 9.92. The van der Waals surface area contributed by atoms with Gasteiger partial charge in [0.05, 0.1) is 23.9 Å². The fourth-order valence-corrected chi connectivity index (χ4v) is 2.74. The molecule has 6 nitrogen and oxygen atoms in total. The molecule has 2 amide bonds. The number of carbonyl (C=O) groups excluding carboxylic acids is 2. The molecular weight excluding hydrogens is 320 g/mol. The van der Waals surface area contributed by atoms with Gasteiger partial charge in [-0.2, -0.15) is 0 Å². The normalized spacial score (nSPS) is 16.8. The Labute approximate surface area is 145 Å². The van der Waals surface area contributed by atoms with Gasteiger partial charge in [0.1, 0.15) is 5.75 Å². The van der Waals surface area contributed by atoms with Gasteiger partial charge >= 0.3 is 12.0 Å². The number of ether oxygens (including phenoxy) is 1. The fraction of sp³-hybridized carbons (Fsp3) is 0.158. The summed E-state index contributed by atoms with van der Waals surface area (Å²) < 4.78 is 5.21. The van der Waals surface area contributed by atoms with Crippen molar-refractivity contribution in [3.05, 3.63) is 71.3 Å². The topological polar surface area (TPSA) is 87.7 Å². The van der Waals surface area contributed by atoms with Crippen molar-refractivity contribution in [3.8, 4) is 5.75 Å². The van der Waals surface area contributed by atoms with Crippen molar-refractivity contribution in [2.24, 2.45) is 0 Å². The summed E-state index contributed by atoms with van der Waals surface area (Å²) in [5.74, 6) is -0.402. The Kier molecular flexibility index (Phi) is 4.70. The van der Waals surface area contributed by atoms with E-state index in [4.69, 9.17) is 4.74 Å². The van der Waals surface area contributed by atoms with Crippen molar-refractivity contribution < 1.29 is 19.4 Å². The number of rotatable bonds is 4. The van der Waals surface area contributed by atoms with Gasteiger partial charge in [-0.3, -0.25) is 0 Å². The standard InChI is InChI=1S/C19H18N2O4/c1-2-25-18(23)15-16(12-6-4-3-5-7-12)20-19(24)21-17(15)13-8-10-14(22)11-9-13/h3-11,17,22H,2H2,1H3,(H2,20,21,24)/t17-/m0/s1. The lowest BCUT2D eigenvalue weighted by Gasteiger charge is -2.29. The van der Waals surface area contributed by atoms with Crippen molar-refractivity contribution in [2.45, 2.75) is 13.0 Å². The number of phenols is 1. The van der Waals surface area contributed by atoms with Crippen LogP contribution in [0.25, 0.3) is 5.70 Å². The van der Waals surface area contributed by atoms with Crippen LogP contribution >= 0.6 is 0 Å². The summed E-state index contributed by atoms with van der Waals surface area (Å²) in [6, 6.07) is 14.4. The number of carbonyl (C=O) groups is 2. The fourth-order valence-electron chi connectivity index (χ4n) is 2.74. The number of amides is 2. The van der Waals surface area contributed by atoms with Crippen LogP contribution < -0.4 is 10.6 Å². The zero-order valence-electron chi connectivity index (χ0n) is 13.7. The first kappa shape index (κ1) is 16.6. The molecule has 1 heterocycles. The van der Waals surface area contributed by atoms with E-state index in [9.17, 15) is 14.7 Å². The predicted molar refractivity (Wildman–Crippen MR) is 92.5 cm³/mol. The van der Waals surface area contributed by atoms with Gasteiger partial charge < -0.3 is 20.5 Å². The van der Waals surface area contributed by atoms with Gasteiger partial charge in [0.25, 0.3) is 0 Å². The quantitative estimate of drug-likeness (QED) is 0.748. The molecule has 2 aromatic carbocycles. The van der Waals surface area contributed by atoms with E-state index in [1.165, 1.54) is 12.1 Å². The SMILES string of the molecule is CCOC(=O)C1=C(c2ccccc2)NC(=O)N[C@H]1c1ccc(O)cc1. The molecule has 0 saturated heterocycles. The first-order valence-electron chi connectivity index (χ1n) is 7.93. The Balaban J connectivity index is 2.16. The maximum absolute atomic E-state index is 12.6. The van der Waals surface area contributed by atoms with Crippen molar-refractivity contribution in [1.82, 2.24) is 10.6 Å². The summed E-state index contributed by atoms with van der Waals surface area (Å²) in [7, 11) is 0. The highest BCUT2D eigenvalue weighted by Crippen LogP contribution is 2.32. The summed E-state index contributed by atoms with van der Waals surface area (Å²) in [6.07, 6.45) is 0. The third kappa shape index (κ3) is 3.47. The third-order valence-corrected chi connectivity index (χ3v) is 3.86. The summed E-state index contributed by atoms with van der Waals surface area (Å²) >= 11 is 0. The van der Waals surface area contributed by atoms with Crippen molar-refractivity contribution in [3.63, 3.8) is 0 Å². The lowest BCUT2D eigenvalue weighted by Crippen LogP contribution is -2.45. The number of hydrogen-bond acceptors (Lipinski definition) is 4. The molecule has 3 N–H and O–H groups in total. The average molecular weight is 338 g/mol. The highest BCUT2D eigenvalue weighted by atomic mass is 16.5. The molecule has 0 unspecified atom stereocenters. The van der Waals surface area contributed by atoms with Crippen molar-refractivity contribution >= 4 is 17.7 Å². The minimum Gasteiger partial charge on any atom is -0.508 e. The minimum absolute atomic E-state index is 0.106. The van der Waals surface area contributed by atoms with Crippen LogP contribution in [0.15, 0.2) is 60.2 Å². The van der Waals surface area contributed by atoms with Crippen LogP contribution in [0.5, 0.6) is 5.75 Å². The summed E-state index contributed by atoms with van der Waals surface area (Å²) in [5, 5.41) is 15.0. The van der Waals surface area contributed by atoms with E-state index in [2.05, 4.69) is 10.6 Å². The van der Waals surface area contributed by atoms with Crippen molar-refractivity contribution in [1.29, 1.82) is 0 Å². The van der Waals surface area contributed by atoms with Gasteiger partial charge in [-0.15, -0.1) is 0 Å². The molecule has 128 valence electrons. The second-order valence-corrected chi connectivity index (χ2v) is 5.50. The number of benzene rings is 2. The van der Waals surface area contributed by atoms with Gasteiger partial charge in [-0.1, -0.05) is 42.5 Å². The van der Waals surface area contributed by atoms with Crippen LogP contribution in [0, 0.1) is 0 Å². The van der Waals surface area contributed by atoms with Gasteiger partial charge in [0, 0.05) is 0 Å². The molecule has 0 aromatic heterocycles. The Hall–Kier alpha value is -3.28. The molecule has 25 heavy (non-hydrogen) atoms. The van der Waals surface area contributed by atoms with Crippen LogP contribution in [0.2, 0.25) is 0 Å². The summed E-state index contributed by atoms with van der Waals surface area (Å²) in [6.45, 7) is 1.95. The van der Waals surface area contributed by atoms with E-state index in [0.29, 0.717) is 22.4 Å². The van der Waals surface area contributed by atoms with E-state index >= 15 is 0 Å². The van der Waals surface area contributed by atoms with E-state index < -0.39 is 18.0 Å². The van der Waals surface area contributed by atoms with E-state index in [0.717, 1.165) is 0 Å². The molecular formula is C19H18N2O4. The maximum Gasteiger partial charge on any atom is 0.338 e. The molecule has 1 aliphatic heterocycles. The van der Waals surface area contributed by atoms with Gasteiger partial charge in [0.2, 0.25) is 0 Å². The molecule has 0 radical (unpaired) electrons. The number of aromatic hydroxyl groups is 1. The molecule has 1 atom stereocenters. The molecule has 0 aliphatic carbocycles. The van der Waals surface area contributed by atoms with E-state index in [1.807, 2.05) is 30.3 Å². The zero-order valence-corrected chi connectivity index (χ0v) is 13.7. The van der Waals surface area contributed by atoms with Gasteiger partial charge in [-0.05, 0) is 30.2 Å². The minimum atomic E-state index is -0.677. The second-order valence-electron chi connectivity index (χ2n) is 5.50. The maximum atomic E-state index is 12.6. The molecule has 0 saturated carbocycles. The van der Waals surface area contributed by atoms with Crippen LogP contribution in [0.4, 0.5) is 4.79 Å².